The Bertz CT molecular complexity index is 226. The Hall–Kier alpha value is -1.09. The van der Waals surface area contributed by atoms with Gasteiger partial charge in [0, 0.05) is 18.9 Å². The molecule has 0 aliphatic rings. The first kappa shape index (κ1) is 9.99. The Balaban J connectivity index is 2.20. The largest absolute Gasteiger partial charge is 0.492 e. The van der Waals surface area contributed by atoms with Crippen LogP contribution in [-0.2, 0) is 0 Å². The van der Waals surface area contributed by atoms with E-state index in [1.54, 1.807) is 12.4 Å². The fourth-order valence-corrected chi connectivity index (χ4v) is 0.912. The molecule has 3 heteroatoms. The van der Waals surface area contributed by atoms with Gasteiger partial charge in [-0.05, 0) is 25.7 Å². The second-order valence-corrected chi connectivity index (χ2v) is 2.93. The number of pyridine rings is 1. The van der Waals surface area contributed by atoms with Crippen LogP contribution < -0.4 is 4.74 Å². The molecule has 0 N–H and O–H groups in total. The number of aromatic nitrogens is 1. The van der Waals surface area contributed by atoms with Crippen LogP contribution in [0.3, 0.4) is 0 Å². The average molecular weight is 180 g/mol. The third-order valence-corrected chi connectivity index (χ3v) is 1.93. The third kappa shape index (κ3) is 3.90. The number of hydrogen-bond acceptors (Lipinski definition) is 3. The Morgan fingerprint density at radius 2 is 2.08 bits per heavy atom. The highest BCUT2D eigenvalue weighted by Gasteiger charge is 1.95. The van der Waals surface area contributed by atoms with E-state index in [1.165, 1.54) is 0 Å². The molecule has 13 heavy (non-hydrogen) atoms. The molecule has 0 spiro atoms. The van der Waals surface area contributed by atoms with Gasteiger partial charge < -0.3 is 9.64 Å². The van der Waals surface area contributed by atoms with Crippen LogP contribution in [0.25, 0.3) is 0 Å². The SMILES string of the molecule is CCN(C)CCOc1ccncc1. The molecular weight excluding hydrogens is 164 g/mol. The molecule has 1 heterocycles. The molecular formula is C10H16N2O. The van der Waals surface area contributed by atoms with Gasteiger partial charge in [0.2, 0.25) is 0 Å². The molecule has 0 fully saturated rings. The van der Waals surface area contributed by atoms with Gasteiger partial charge in [0.25, 0.3) is 0 Å². The lowest BCUT2D eigenvalue weighted by Crippen LogP contribution is -2.23. The maximum absolute atomic E-state index is 5.50. The zero-order chi connectivity index (χ0) is 9.52. The van der Waals surface area contributed by atoms with Gasteiger partial charge in [0.05, 0.1) is 0 Å². The predicted molar refractivity (Wildman–Crippen MR) is 52.9 cm³/mol. The normalized spacial score (nSPS) is 10.4. The minimum atomic E-state index is 0.731. The summed E-state index contributed by atoms with van der Waals surface area (Å²) < 4.78 is 5.50. The Morgan fingerprint density at radius 1 is 1.38 bits per heavy atom. The van der Waals surface area contributed by atoms with Crippen LogP contribution in [0.1, 0.15) is 6.92 Å². The molecule has 1 aromatic heterocycles. The molecule has 0 aliphatic carbocycles. The molecule has 72 valence electrons. The van der Waals surface area contributed by atoms with Crippen LogP contribution in [-0.4, -0.2) is 36.6 Å². The van der Waals surface area contributed by atoms with Crippen LogP contribution in [0.2, 0.25) is 0 Å². The fourth-order valence-electron chi connectivity index (χ4n) is 0.912. The second-order valence-electron chi connectivity index (χ2n) is 2.93. The zero-order valence-corrected chi connectivity index (χ0v) is 8.23. The molecule has 0 amide bonds. The summed E-state index contributed by atoms with van der Waals surface area (Å²) in [4.78, 5) is 6.12. The predicted octanol–water partition coefficient (Wildman–Crippen LogP) is 1.41. The summed E-state index contributed by atoms with van der Waals surface area (Å²) in [6.07, 6.45) is 3.47. The lowest BCUT2D eigenvalue weighted by molar-refractivity contribution is 0.243. The van der Waals surface area contributed by atoms with Crippen LogP contribution in [0.5, 0.6) is 5.75 Å². The summed E-state index contributed by atoms with van der Waals surface area (Å²) in [5.41, 5.74) is 0. The van der Waals surface area contributed by atoms with Crippen molar-refractivity contribution in [3.8, 4) is 5.75 Å². The number of hydrogen-bond donors (Lipinski definition) is 0. The van der Waals surface area contributed by atoms with Gasteiger partial charge in [-0.25, -0.2) is 0 Å². The summed E-state index contributed by atoms with van der Waals surface area (Å²) in [5.74, 6) is 0.888. The lowest BCUT2D eigenvalue weighted by atomic mass is 10.4. The highest BCUT2D eigenvalue weighted by molar-refractivity contribution is 5.16. The molecule has 0 aromatic carbocycles. The van der Waals surface area contributed by atoms with Gasteiger partial charge >= 0.3 is 0 Å². The smallest absolute Gasteiger partial charge is 0.122 e. The number of rotatable bonds is 5. The van der Waals surface area contributed by atoms with Crippen molar-refractivity contribution in [3.63, 3.8) is 0 Å². The molecule has 1 aromatic rings. The number of nitrogens with zero attached hydrogens (tertiary/aromatic N) is 2. The molecule has 0 radical (unpaired) electrons. The van der Waals surface area contributed by atoms with Gasteiger partial charge in [0.15, 0.2) is 0 Å². The monoisotopic (exact) mass is 180 g/mol. The van der Waals surface area contributed by atoms with Crippen molar-refractivity contribution >= 4 is 0 Å². The molecule has 0 atom stereocenters. The van der Waals surface area contributed by atoms with E-state index in [-0.39, 0.29) is 0 Å². The van der Waals surface area contributed by atoms with Crippen molar-refractivity contribution < 1.29 is 4.74 Å². The summed E-state index contributed by atoms with van der Waals surface area (Å²) in [5, 5.41) is 0. The van der Waals surface area contributed by atoms with E-state index >= 15 is 0 Å². The number of ether oxygens (including phenoxy) is 1. The highest BCUT2D eigenvalue weighted by atomic mass is 16.5. The van der Waals surface area contributed by atoms with Crippen LogP contribution in [0.15, 0.2) is 24.5 Å². The van der Waals surface area contributed by atoms with Crippen molar-refractivity contribution in [1.82, 2.24) is 9.88 Å². The van der Waals surface area contributed by atoms with E-state index < -0.39 is 0 Å². The molecule has 0 saturated carbocycles. The average Bonchev–Trinajstić information content (AvgIpc) is 2.19. The molecule has 1 rings (SSSR count). The highest BCUT2D eigenvalue weighted by Crippen LogP contribution is 2.05. The second kappa shape index (κ2) is 5.54. The summed E-state index contributed by atoms with van der Waals surface area (Å²) in [7, 11) is 2.08. The first-order chi connectivity index (χ1) is 6.33. The van der Waals surface area contributed by atoms with E-state index in [0.29, 0.717) is 0 Å². The van der Waals surface area contributed by atoms with Gasteiger partial charge in [-0.1, -0.05) is 6.92 Å². The molecule has 0 unspecified atom stereocenters. The minimum Gasteiger partial charge on any atom is -0.492 e. The van der Waals surface area contributed by atoms with Crippen molar-refractivity contribution in [1.29, 1.82) is 0 Å². The van der Waals surface area contributed by atoms with Crippen molar-refractivity contribution in [3.05, 3.63) is 24.5 Å². The molecule has 0 saturated heterocycles. The maximum atomic E-state index is 5.50. The quantitative estimate of drug-likeness (QED) is 0.685. The van der Waals surface area contributed by atoms with E-state index in [4.69, 9.17) is 4.74 Å². The van der Waals surface area contributed by atoms with Gasteiger partial charge in [-0.2, -0.15) is 0 Å². The lowest BCUT2D eigenvalue weighted by Gasteiger charge is -2.13. The van der Waals surface area contributed by atoms with Crippen molar-refractivity contribution in [2.24, 2.45) is 0 Å². The minimum absolute atomic E-state index is 0.731. The topological polar surface area (TPSA) is 25.4 Å². The Labute approximate surface area is 79.3 Å². The van der Waals surface area contributed by atoms with Crippen molar-refractivity contribution in [2.75, 3.05) is 26.7 Å². The first-order valence-electron chi connectivity index (χ1n) is 4.54. The standard InChI is InChI=1S/C10H16N2O/c1-3-12(2)8-9-13-10-4-6-11-7-5-10/h4-7H,3,8-9H2,1-2H3. The summed E-state index contributed by atoms with van der Waals surface area (Å²) >= 11 is 0. The number of likely N-dealkylation sites (N-methyl/N-ethyl adjacent to an activating group) is 1. The van der Waals surface area contributed by atoms with Gasteiger partial charge in [-0.3, -0.25) is 4.98 Å². The van der Waals surface area contributed by atoms with Crippen LogP contribution in [0, 0.1) is 0 Å². The van der Waals surface area contributed by atoms with Gasteiger partial charge in [-0.15, -0.1) is 0 Å². The first-order valence-corrected chi connectivity index (χ1v) is 4.54. The van der Waals surface area contributed by atoms with Crippen molar-refractivity contribution in [2.45, 2.75) is 6.92 Å². The van der Waals surface area contributed by atoms with Gasteiger partial charge in [0.1, 0.15) is 12.4 Å². The Kier molecular flexibility index (Phi) is 4.26. The maximum Gasteiger partial charge on any atom is 0.122 e. The summed E-state index contributed by atoms with van der Waals surface area (Å²) in [6.45, 7) is 4.87. The third-order valence-electron chi connectivity index (χ3n) is 1.93. The van der Waals surface area contributed by atoms with Crippen LogP contribution in [0.4, 0.5) is 0 Å². The van der Waals surface area contributed by atoms with E-state index in [9.17, 15) is 0 Å². The molecule has 0 aliphatic heterocycles. The van der Waals surface area contributed by atoms with E-state index in [0.717, 1.165) is 25.4 Å². The van der Waals surface area contributed by atoms with E-state index in [2.05, 4.69) is 23.9 Å². The zero-order valence-electron chi connectivity index (χ0n) is 8.23. The molecule has 3 nitrogen and oxygen atoms in total. The van der Waals surface area contributed by atoms with Crippen LogP contribution >= 0.6 is 0 Å². The van der Waals surface area contributed by atoms with E-state index in [1.807, 2.05) is 12.1 Å². The fraction of sp³-hybridized carbons (Fsp3) is 0.500. The summed E-state index contributed by atoms with van der Waals surface area (Å²) in [6, 6.07) is 3.73. The Morgan fingerprint density at radius 3 is 2.69 bits per heavy atom. The molecule has 0 bridgehead atoms.